The van der Waals surface area contributed by atoms with Gasteiger partial charge in [-0.3, -0.25) is 14.5 Å². The van der Waals surface area contributed by atoms with E-state index in [0.29, 0.717) is 29.3 Å². The molecule has 0 saturated heterocycles. The Kier molecular flexibility index (Phi) is 6.90. The van der Waals surface area contributed by atoms with Crippen molar-refractivity contribution in [2.75, 3.05) is 18.5 Å². The Morgan fingerprint density at radius 3 is 2.43 bits per heavy atom. The molecule has 2 amide bonds. The highest BCUT2D eigenvalue weighted by atomic mass is 35.5. The minimum Gasteiger partial charge on any atom is -0.379 e. The monoisotopic (exact) mass is 430 g/mol. The Morgan fingerprint density at radius 1 is 1.10 bits per heavy atom. The quantitative estimate of drug-likeness (QED) is 0.483. The summed E-state index contributed by atoms with van der Waals surface area (Å²) in [5.41, 5.74) is 2.36. The molecule has 3 rings (SSSR count). The van der Waals surface area contributed by atoms with Crippen LogP contribution in [0.2, 0.25) is 5.02 Å². The highest BCUT2D eigenvalue weighted by molar-refractivity contribution is 6.36. The normalized spacial score (nSPS) is 14.3. The maximum Gasteiger partial charge on any atom is 0.278 e. The molecule has 0 unspecified atom stereocenters. The Bertz CT molecular complexity index is 986. The van der Waals surface area contributed by atoms with Crippen molar-refractivity contribution < 1.29 is 18.7 Å². The summed E-state index contributed by atoms with van der Waals surface area (Å²) in [7, 11) is 0. The molecule has 0 radical (unpaired) electrons. The van der Waals surface area contributed by atoms with Crippen LogP contribution in [-0.2, 0) is 14.3 Å². The van der Waals surface area contributed by atoms with Gasteiger partial charge in [-0.25, -0.2) is 4.39 Å². The number of ether oxygens (including phenoxy) is 1. The lowest BCUT2D eigenvalue weighted by Crippen LogP contribution is -2.34. The molecule has 1 aliphatic heterocycles. The third-order valence-corrected chi connectivity index (χ3v) is 4.96. The third-order valence-electron chi connectivity index (χ3n) is 4.73. The Balaban J connectivity index is 1.92. The molecule has 2 aromatic rings. The number of carbonyl (C=O) groups excluding carboxylic acids is 2. The van der Waals surface area contributed by atoms with Crippen LogP contribution in [0, 0.1) is 12.7 Å². The molecule has 1 aliphatic rings. The van der Waals surface area contributed by atoms with Crippen LogP contribution in [0.25, 0.3) is 5.57 Å². The van der Waals surface area contributed by atoms with Crippen molar-refractivity contribution in [1.82, 2.24) is 4.90 Å². The predicted octanol–water partition coefficient (Wildman–Crippen LogP) is 4.79. The minimum atomic E-state index is -0.418. The summed E-state index contributed by atoms with van der Waals surface area (Å²) in [6.07, 6.45) is 0.604. The van der Waals surface area contributed by atoms with Gasteiger partial charge in [-0.15, -0.1) is 0 Å². The van der Waals surface area contributed by atoms with Crippen LogP contribution in [0.3, 0.4) is 0 Å². The molecule has 0 aromatic heterocycles. The molecule has 1 N–H and O–H groups in total. The van der Waals surface area contributed by atoms with Gasteiger partial charge in [0.05, 0.1) is 11.7 Å². The van der Waals surface area contributed by atoms with Gasteiger partial charge in [-0.1, -0.05) is 23.7 Å². The van der Waals surface area contributed by atoms with Crippen LogP contribution in [-0.4, -0.2) is 36.0 Å². The minimum absolute atomic E-state index is 0.0768. The number of hydrogen-bond acceptors (Lipinski definition) is 4. The molecule has 1 heterocycles. The number of hydrogen-bond donors (Lipinski definition) is 1. The molecule has 0 aliphatic carbocycles. The molecule has 0 fully saturated rings. The lowest BCUT2D eigenvalue weighted by atomic mass is 10.0. The van der Waals surface area contributed by atoms with Crippen LogP contribution in [0.15, 0.2) is 48.2 Å². The highest BCUT2D eigenvalue weighted by Crippen LogP contribution is 2.32. The van der Waals surface area contributed by atoms with Crippen LogP contribution < -0.4 is 5.32 Å². The summed E-state index contributed by atoms with van der Waals surface area (Å²) in [6, 6.07) is 10.8. The lowest BCUT2D eigenvalue weighted by Gasteiger charge is -2.16. The Hall–Kier alpha value is -2.70. The van der Waals surface area contributed by atoms with Gasteiger partial charge in [0.25, 0.3) is 11.8 Å². The number of amides is 2. The van der Waals surface area contributed by atoms with Crippen molar-refractivity contribution in [2.24, 2.45) is 0 Å². The first-order valence-electron chi connectivity index (χ1n) is 9.79. The number of rotatable bonds is 8. The second-order valence-corrected chi connectivity index (χ2v) is 7.81. The van der Waals surface area contributed by atoms with Crippen LogP contribution in [0.5, 0.6) is 0 Å². The van der Waals surface area contributed by atoms with Gasteiger partial charge in [0.15, 0.2) is 0 Å². The molecule has 0 bridgehead atoms. The topological polar surface area (TPSA) is 58.6 Å². The van der Waals surface area contributed by atoms with E-state index in [1.807, 2.05) is 20.8 Å². The van der Waals surface area contributed by atoms with E-state index in [9.17, 15) is 14.0 Å². The first-order valence-corrected chi connectivity index (χ1v) is 10.2. The summed E-state index contributed by atoms with van der Waals surface area (Å²) in [5, 5.41) is 3.68. The van der Waals surface area contributed by atoms with Gasteiger partial charge in [0.2, 0.25) is 0 Å². The summed E-state index contributed by atoms with van der Waals surface area (Å²) in [5.74, 6) is -1.25. The summed E-state index contributed by atoms with van der Waals surface area (Å²) < 4.78 is 18.9. The van der Waals surface area contributed by atoms with Crippen molar-refractivity contribution in [2.45, 2.75) is 33.3 Å². The molecule has 0 saturated carbocycles. The summed E-state index contributed by atoms with van der Waals surface area (Å²) >= 11 is 6.02. The molecule has 7 heteroatoms. The van der Waals surface area contributed by atoms with Gasteiger partial charge >= 0.3 is 0 Å². The number of imide groups is 1. The zero-order valence-electron chi connectivity index (χ0n) is 17.2. The molecule has 158 valence electrons. The predicted molar refractivity (Wildman–Crippen MR) is 116 cm³/mol. The molecule has 0 atom stereocenters. The number of halogens is 2. The Labute approximate surface area is 180 Å². The molecule has 2 aromatic carbocycles. The highest BCUT2D eigenvalue weighted by Gasteiger charge is 2.39. The third kappa shape index (κ3) is 4.89. The second kappa shape index (κ2) is 9.41. The van der Waals surface area contributed by atoms with E-state index < -0.39 is 17.6 Å². The molecule has 30 heavy (non-hydrogen) atoms. The average Bonchev–Trinajstić information content (AvgIpc) is 2.92. The van der Waals surface area contributed by atoms with Crippen molar-refractivity contribution in [3.63, 3.8) is 0 Å². The van der Waals surface area contributed by atoms with Crippen molar-refractivity contribution in [3.8, 4) is 0 Å². The summed E-state index contributed by atoms with van der Waals surface area (Å²) in [4.78, 5) is 27.4. The van der Waals surface area contributed by atoms with Crippen LogP contribution in [0.4, 0.5) is 10.1 Å². The van der Waals surface area contributed by atoms with Crippen LogP contribution >= 0.6 is 11.6 Å². The van der Waals surface area contributed by atoms with Gasteiger partial charge in [-0.05, 0) is 68.7 Å². The zero-order chi connectivity index (χ0) is 21.8. The maximum absolute atomic E-state index is 13.4. The van der Waals surface area contributed by atoms with Gasteiger partial charge in [0.1, 0.15) is 11.5 Å². The molecule has 5 nitrogen and oxygen atoms in total. The second-order valence-electron chi connectivity index (χ2n) is 7.38. The van der Waals surface area contributed by atoms with E-state index in [1.165, 1.54) is 29.2 Å². The fraction of sp³-hybridized carbons (Fsp3) is 0.304. The standard InChI is InChI=1S/C23H24ClFN2O3/c1-14(2)30-12-4-11-27-22(28)20(16-5-8-18(25)9-6-16)21(23(27)29)26-19-10-7-17(24)13-15(19)3/h5-10,13-14,26H,4,11-12H2,1-3H3. The van der Waals surface area contributed by atoms with Crippen molar-refractivity contribution in [1.29, 1.82) is 0 Å². The Morgan fingerprint density at radius 2 is 1.80 bits per heavy atom. The van der Waals surface area contributed by atoms with E-state index >= 15 is 0 Å². The van der Waals surface area contributed by atoms with Crippen molar-refractivity contribution in [3.05, 3.63) is 70.1 Å². The number of carbonyl (C=O) groups is 2. The van der Waals surface area contributed by atoms with E-state index in [1.54, 1.807) is 18.2 Å². The van der Waals surface area contributed by atoms with E-state index in [0.717, 1.165) is 5.56 Å². The van der Waals surface area contributed by atoms with Gasteiger partial charge in [0, 0.05) is 23.9 Å². The lowest BCUT2D eigenvalue weighted by molar-refractivity contribution is -0.137. The summed E-state index contributed by atoms with van der Waals surface area (Å²) in [6.45, 7) is 6.39. The van der Waals surface area contributed by atoms with E-state index in [2.05, 4.69) is 5.32 Å². The van der Waals surface area contributed by atoms with Gasteiger partial charge < -0.3 is 10.1 Å². The number of nitrogens with one attached hydrogen (secondary N) is 1. The number of benzene rings is 2. The fourth-order valence-electron chi connectivity index (χ4n) is 3.22. The van der Waals surface area contributed by atoms with E-state index in [-0.39, 0.29) is 23.9 Å². The zero-order valence-corrected chi connectivity index (χ0v) is 17.9. The maximum atomic E-state index is 13.4. The molecular weight excluding hydrogens is 407 g/mol. The molecular formula is C23H24ClFN2O3. The first-order chi connectivity index (χ1) is 14.3. The number of anilines is 1. The van der Waals surface area contributed by atoms with Crippen molar-refractivity contribution >= 4 is 34.7 Å². The van der Waals surface area contributed by atoms with E-state index in [4.69, 9.17) is 16.3 Å². The van der Waals surface area contributed by atoms with Gasteiger partial charge in [-0.2, -0.15) is 0 Å². The first kappa shape index (κ1) is 22.0. The average molecular weight is 431 g/mol. The largest absolute Gasteiger partial charge is 0.379 e. The van der Waals surface area contributed by atoms with Crippen LogP contribution in [0.1, 0.15) is 31.4 Å². The fourth-order valence-corrected chi connectivity index (χ4v) is 3.45. The number of nitrogens with zero attached hydrogens (tertiary/aromatic N) is 1. The molecule has 0 spiro atoms. The smallest absolute Gasteiger partial charge is 0.278 e. The number of aryl methyl sites for hydroxylation is 1. The SMILES string of the molecule is Cc1cc(Cl)ccc1NC1=C(c2ccc(F)cc2)C(=O)N(CCCOC(C)C)C1=O.